The van der Waals surface area contributed by atoms with E-state index in [1.54, 1.807) is 24.3 Å². The predicted molar refractivity (Wildman–Crippen MR) is 111 cm³/mol. The maximum atomic E-state index is 12.3. The van der Waals surface area contributed by atoms with E-state index >= 15 is 0 Å². The van der Waals surface area contributed by atoms with Gasteiger partial charge in [-0.3, -0.25) is 9.52 Å². The summed E-state index contributed by atoms with van der Waals surface area (Å²) in [6.07, 6.45) is 2.80. The van der Waals surface area contributed by atoms with Crippen molar-refractivity contribution in [2.45, 2.75) is 4.90 Å². The average molecular weight is 408 g/mol. The van der Waals surface area contributed by atoms with Crippen molar-refractivity contribution in [2.24, 2.45) is 5.18 Å². The van der Waals surface area contributed by atoms with E-state index in [4.69, 9.17) is 0 Å². The molecule has 0 atom stereocenters. The van der Waals surface area contributed by atoms with E-state index in [1.165, 1.54) is 60.7 Å². The standard InChI is InChI=1S/C21H16N2O5S/c24-20(13-7-15-6-12-19(22-26)21(25)14-15)16-8-10-17(11-9-16)23-29(27,28)18-4-2-1-3-5-18/h1-14,23,25H/b13-7+. The van der Waals surface area contributed by atoms with Crippen LogP contribution in [-0.2, 0) is 10.0 Å². The molecular weight excluding hydrogens is 392 g/mol. The van der Waals surface area contributed by atoms with Crippen molar-refractivity contribution in [3.63, 3.8) is 0 Å². The third kappa shape index (κ3) is 4.94. The Kier molecular flexibility index (Phi) is 5.85. The molecule has 0 aliphatic rings. The largest absolute Gasteiger partial charge is 0.506 e. The van der Waals surface area contributed by atoms with Crippen LogP contribution >= 0.6 is 0 Å². The highest BCUT2D eigenvalue weighted by atomic mass is 32.2. The number of carbonyl (C=O) groups excluding carboxylic acids is 1. The minimum Gasteiger partial charge on any atom is -0.506 e. The van der Waals surface area contributed by atoms with Crippen LogP contribution in [0.25, 0.3) is 6.08 Å². The lowest BCUT2D eigenvalue weighted by Gasteiger charge is -2.08. The van der Waals surface area contributed by atoms with Crippen LogP contribution < -0.4 is 4.72 Å². The Hall–Kier alpha value is -3.78. The van der Waals surface area contributed by atoms with E-state index in [9.17, 15) is 23.2 Å². The summed E-state index contributed by atoms with van der Waals surface area (Å²) in [5, 5.41) is 12.3. The molecule has 0 fully saturated rings. The molecule has 8 heteroatoms. The molecule has 0 aromatic heterocycles. The van der Waals surface area contributed by atoms with E-state index in [0.717, 1.165) is 0 Å². The number of sulfonamides is 1. The lowest BCUT2D eigenvalue weighted by molar-refractivity contribution is 0.104. The molecule has 0 aliphatic heterocycles. The molecule has 146 valence electrons. The molecule has 0 heterocycles. The van der Waals surface area contributed by atoms with E-state index in [0.29, 0.717) is 16.8 Å². The van der Waals surface area contributed by atoms with Crippen molar-refractivity contribution in [1.82, 2.24) is 0 Å². The second-order valence-electron chi connectivity index (χ2n) is 6.03. The normalized spacial score (nSPS) is 11.3. The number of nitrogens with one attached hydrogen (secondary N) is 1. The zero-order valence-electron chi connectivity index (χ0n) is 15.0. The number of hydrogen-bond donors (Lipinski definition) is 2. The van der Waals surface area contributed by atoms with Gasteiger partial charge in [-0.1, -0.05) is 30.3 Å². The third-order valence-electron chi connectivity index (χ3n) is 4.00. The molecule has 0 aliphatic carbocycles. The molecule has 29 heavy (non-hydrogen) atoms. The Morgan fingerprint density at radius 3 is 2.28 bits per heavy atom. The lowest BCUT2D eigenvalue weighted by atomic mass is 10.1. The quantitative estimate of drug-likeness (QED) is 0.340. The third-order valence-corrected chi connectivity index (χ3v) is 5.40. The molecule has 3 aromatic carbocycles. The van der Waals surface area contributed by atoms with Gasteiger partial charge in [0.1, 0.15) is 11.4 Å². The van der Waals surface area contributed by atoms with Crippen molar-refractivity contribution in [2.75, 3.05) is 4.72 Å². The number of anilines is 1. The van der Waals surface area contributed by atoms with E-state index in [1.807, 2.05) is 0 Å². The van der Waals surface area contributed by atoms with Crippen molar-refractivity contribution in [3.05, 3.63) is 94.9 Å². The van der Waals surface area contributed by atoms with Crippen LogP contribution in [0.3, 0.4) is 0 Å². The van der Waals surface area contributed by atoms with Crippen LogP contribution in [-0.4, -0.2) is 19.3 Å². The van der Waals surface area contributed by atoms with Gasteiger partial charge in [0, 0.05) is 11.3 Å². The lowest BCUT2D eigenvalue weighted by Crippen LogP contribution is -2.12. The summed E-state index contributed by atoms with van der Waals surface area (Å²) in [6, 6.07) is 18.2. The summed E-state index contributed by atoms with van der Waals surface area (Å²) in [5.74, 6) is -0.579. The fourth-order valence-electron chi connectivity index (χ4n) is 2.51. The van der Waals surface area contributed by atoms with Gasteiger partial charge < -0.3 is 5.11 Å². The molecule has 3 aromatic rings. The van der Waals surface area contributed by atoms with Crippen LogP contribution in [0, 0.1) is 4.91 Å². The maximum absolute atomic E-state index is 12.3. The first-order valence-electron chi connectivity index (χ1n) is 8.46. The van der Waals surface area contributed by atoms with Crippen LogP contribution in [0.4, 0.5) is 11.4 Å². The summed E-state index contributed by atoms with van der Waals surface area (Å²) >= 11 is 0. The van der Waals surface area contributed by atoms with Crippen LogP contribution in [0.2, 0.25) is 0 Å². The van der Waals surface area contributed by atoms with Crippen LogP contribution in [0.1, 0.15) is 15.9 Å². The zero-order chi connectivity index (χ0) is 20.9. The minimum absolute atomic E-state index is 0.0815. The summed E-state index contributed by atoms with van der Waals surface area (Å²) in [7, 11) is -3.71. The van der Waals surface area contributed by atoms with Gasteiger partial charge in [0.05, 0.1) is 4.90 Å². The summed E-state index contributed by atoms with van der Waals surface area (Å²) in [4.78, 5) is 22.9. The van der Waals surface area contributed by atoms with Gasteiger partial charge >= 0.3 is 0 Å². The van der Waals surface area contributed by atoms with Gasteiger partial charge in [0.15, 0.2) is 5.78 Å². The van der Waals surface area contributed by atoms with Gasteiger partial charge in [-0.15, -0.1) is 4.91 Å². The second-order valence-corrected chi connectivity index (χ2v) is 7.72. The van der Waals surface area contributed by atoms with Gasteiger partial charge in [-0.25, -0.2) is 8.42 Å². The Labute approximate surface area is 167 Å². The average Bonchev–Trinajstić information content (AvgIpc) is 2.73. The number of nitrogens with zero attached hydrogens (tertiary/aromatic N) is 1. The van der Waals surface area contributed by atoms with Gasteiger partial charge in [-0.05, 0) is 65.3 Å². The highest BCUT2D eigenvalue weighted by Crippen LogP contribution is 2.27. The molecule has 3 rings (SSSR count). The van der Waals surface area contributed by atoms with Crippen molar-refractivity contribution in [3.8, 4) is 5.75 Å². The Morgan fingerprint density at radius 1 is 0.966 bits per heavy atom. The Bertz CT molecular complexity index is 1170. The monoisotopic (exact) mass is 408 g/mol. The molecule has 0 radical (unpaired) electrons. The summed E-state index contributed by atoms with van der Waals surface area (Å²) < 4.78 is 27.1. The topological polar surface area (TPSA) is 113 Å². The molecule has 0 bridgehead atoms. The van der Waals surface area contributed by atoms with E-state index in [2.05, 4.69) is 9.90 Å². The van der Waals surface area contributed by atoms with Gasteiger partial charge in [-0.2, -0.15) is 0 Å². The number of carbonyl (C=O) groups is 1. The highest BCUT2D eigenvalue weighted by Gasteiger charge is 2.13. The van der Waals surface area contributed by atoms with Crippen molar-refractivity contribution in [1.29, 1.82) is 0 Å². The SMILES string of the molecule is O=Nc1ccc(/C=C/C(=O)c2ccc(NS(=O)(=O)c3ccccc3)cc2)cc1O. The molecule has 0 amide bonds. The molecule has 2 N–H and O–H groups in total. The highest BCUT2D eigenvalue weighted by molar-refractivity contribution is 7.92. The number of nitroso groups, excluding NO2 is 1. The van der Waals surface area contributed by atoms with Crippen LogP contribution in [0.5, 0.6) is 5.75 Å². The zero-order valence-corrected chi connectivity index (χ0v) is 15.8. The number of ketones is 1. The van der Waals surface area contributed by atoms with Gasteiger partial charge in [0.25, 0.3) is 10.0 Å². The fourth-order valence-corrected chi connectivity index (χ4v) is 3.59. The first kappa shape index (κ1) is 20.0. The smallest absolute Gasteiger partial charge is 0.261 e. The van der Waals surface area contributed by atoms with Crippen molar-refractivity contribution >= 4 is 33.3 Å². The minimum atomic E-state index is -3.71. The number of phenols is 1. The first-order chi connectivity index (χ1) is 13.9. The van der Waals surface area contributed by atoms with Crippen LogP contribution in [0.15, 0.2) is 88.9 Å². The molecule has 0 saturated heterocycles. The number of allylic oxidation sites excluding steroid dienone is 1. The number of aromatic hydroxyl groups is 1. The molecule has 0 spiro atoms. The van der Waals surface area contributed by atoms with E-state index in [-0.39, 0.29) is 22.1 Å². The molecule has 0 saturated carbocycles. The van der Waals surface area contributed by atoms with Gasteiger partial charge in [0.2, 0.25) is 0 Å². The maximum Gasteiger partial charge on any atom is 0.261 e. The van der Waals surface area contributed by atoms with E-state index < -0.39 is 10.0 Å². The predicted octanol–water partition coefficient (Wildman–Crippen LogP) is 4.49. The Balaban J connectivity index is 1.70. The number of benzene rings is 3. The summed E-state index contributed by atoms with van der Waals surface area (Å²) in [5.41, 5.74) is 1.13. The number of hydrogen-bond acceptors (Lipinski definition) is 6. The fraction of sp³-hybridized carbons (Fsp3) is 0. The van der Waals surface area contributed by atoms with Crippen molar-refractivity contribution < 1.29 is 18.3 Å². The number of phenolic OH excluding ortho intramolecular Hbond substituents is 1. The molecule has 0 unspecified atom stereocenters. The molecular formula is C21H16N2O5S. The molecule has 7 nitrogen and oxygen atoms in total. The number of rotatable bonds is 7. The second kappa shape index (κ2) is 8.49. The summed E-state index contributed by atoms with van der Waals surface area (Å²) in [6.45, 7) is 0. The Morgan fingerprint density at radius 2 is 1.66 bits per heavy atom. The first-order valence-corrected chi connectivity index (χ1v) is 9.94.